The SMILES string of the molecule is NC1CCNC(C2CCNCC2)C1. The van der Waals surface area contributed by atoms with Crippen molar-refractivity contribution >= 4 is 0 Å². The van der Waals surface area contributed by atoms with E-state index in [9.17, 15) is 0 Å². The molecule has 2 aliphatic rings. The third-order valence-electron chi connectivity index (χ3n) is 3.43. The number of hydrogen-bond donors (Lipinski definition) is 3. The molecule has 0 saturated carbocycles. The van der Waals surface area contributed by atoms with Crippen LogP contribution in [-0.2, 0) is 0 Å². The molecule has 0 bridgehead atoms. The van der Waals surface area contributed by atoms with E-state index in [0.29, 0.717) is 12.1 Å². The van der Waals surface area contributed by atoms with Gasteiger partial charge in [-0.25, -0.2) is 0 Å². The summed E-state index contributed by atoms with van der Waals surface area (Å²) in [5.41, 5.74) is 5.98. The monoisotopic (exact) mass is 183 g/mol. The normalized spacial score (nSPS) is 37.6. The van der Waals surface area contributed by atoms with Crippen LogP contribution in [-0.4, -0.2) is 31.7 Å². The van der Waals surface area contributed by atoms with E-state index in [-0.39, 0.29) is 0 Å². The van der Waals surface area contributed by atoms with Crippen LogP contribution in [0.1, 0.15) is 25.7 Å². The van der Waals surface area contributed by atoms with Gasteiger partial charge in [0.2, 0.25) is 0 Å². The predicted octanol–water partition coefficient (Wildman–Crippen LogP) is 0.0653. The summed E-state index contributed by atoms with van der Waals surface area (Å²) in [4.78, 5) is 0. The average molecular weight is 183 g/mol. The van der Waals surface area contributed by atoms with Gasteiger partial charge >= 0.3 is 0 Å². The zero-order chi connectivity index (χ0) is 9.10. The smallest absolute Gasteiger partial charge is 0.0111 e. The Morgan fingerprint density at radius 1 is 1.00 bits per heavy atom. The van der Waals surface area contributed by atoms with Crippen molar-refractivity contribution in [2.45, 2.75) is 37.8 Å². The predicted molar refractivity (Wildman–Crippen MR) is 54.6 cm³/mol. The van der Waals surface area contributed by atoms with Crippen LogP contribution in [0.2, 0.25) is 0 Å². The molecular formula is C10H21N3. The molecule has 2 unspecified atom stereocenters. The molecule has 13 heavy (non-hydrogen) atoms. The van der Waals surface area contributed by atoms with Crippen molar-refractivity contribution < 1.29 is 0 Å². The van der Waals surface area contributed by atoms with Gasteiger partial charge in [-0.3, -0.25) is 0 Å². The lowest BCUT2D eigenvalue weighted by atomic mass is 9.84. The molecule has 0 radical (unpaired) electrons. The highest BCUT2D eigenvalue weighted by molar-refractivity contribution is 4.87. The molecule has 2 heterocycles. The van der Waals surface area contributed by atoms with Crippen molar-refractivity contribution in [3.05, 3.63) is 0 Å². The van der Waals surface area contributed by atoms with Gasteiger partial charge < -0.3 is 16.4 Å². The Labute approximate surface area is 80.5 Å². The van der Waals surface area contributed by atoms with Crippen LogP contribution < -0.4 is 16.4 Å². The summed E-state index contributed by atoms with van der Waals surface area (Å²) >= 11 is 0. The first-order valence-electron chi connectivity index (χ1n) is 5.56. The lowest BCUT2D eigenvalue weighted by molar-refractivity contribution is 0.230. The molecule has 2 aliphatic heterocycles. The van der Waals surface area contributed by atoms with Crippen molar-refractivity contribution in [3.8, 4) is 0 Å². The van der Waals surface area contributed by atoms with E-state index in [4.69, 9.17) is 5.73 Å². The molecule has 2 atom stereocenters. The Morgan fingerprint density at radius 3 is 2.46 bits per heavy atom. The van der Waals surface area contributed by atoms with E-state index in [1.165, 1.54) is 32.4 Å². The Balaban J connectivity index is 1.83. The molecule has 0 aromatic carbocycles. The molecule has 2 rings (SSSR count). The molecule has 2 fully saturated rings. The van der Waals surface area contributed by atoms with E-state index in [0.717, 1.165) is 18.9 Å². The summed E-state index contributed by atoms with van der Waals surface area (Å²) in [6, 6.07) is 1.15. The Morgan fingerprint density at radius 2 is 1.77 bits per heavy atom. The standard InChI is InChI=1S/C10H21N3/c11-9-3-6-13-10(7-9)8-1-4-12-5-2-8/h8-10,12-13H,1-7,11H2. The van der Waals surface area contributed by atoms with Crippen molar-refractivity contribution in [1.29, 1.82) is 0 Å². The highest BCUT2D eigenvalue weighted by atomic mass is 15.0. The van der Waals surface area contributed by atoms with Crippen molar-refractivity contribution in [3.63, 3.8) is 0 Å². The minimum absolute atomic E-state index is 0.445. The summed E-state index contributed by atoms with van der Waals surface area (Å²) < 4.78 is 0. The first-order valence-corrected chi connectivity index (χ1v) is 5.56. The molecule has 0 aromatic heterocycles. The number of nitrogens with two attached hydrogens (primary N) is 1. The lowest BCUT2D eigenvalue weighted by Gasteiger charge is -2.36. The minimum Gasteiger partial charge on any atom is -0.328 e. The average Bonchev–Trinajstić information content (AvgIpc) is 2.19. The Kier molecular flexibility index (Phi) is 3.19. The fraction of sp³-hybridized carbons (Fsp3) is 1.00. The lowest BCUT2D eigenvalue weighted by Crippen LogP contribution is -2.49. The van der Waals surface area contributed by atoms with Crippen molar-refractivity contribution in [2.24, 2.45) is 11.7 Å². The van der Waals surface area contributed by atoms with Crippen molar-refractivity contribution in [1.82, 2.24) is 10.6 Å². The minimum atomic E-state index is 0.445. The second-order valence-corrected chi connectivity index (χ2v) is 4.43. The summed E-state index contributed by atoms with van der Waals surface area (Å²) in [6.45, 7) is 3.51. The van der Waals surface area contributed by atoms with Crippen LogP contribution in [0.3, 0.4) is 0 Å². The van der Waals surface area contributed by atoms with E-state index in [2.05, 4.69) is 10.6 Å². The maximum Gasteiger partial charge on any atom is 0.0111 e. The Hall–Kier alpha value is -0.120. The van der Waals surface area contributed by atoms with Gasteiger partial charge in [0.05, 0.1) is 0 Å². The Bertz CT molecular complexity index is 154. The van der Waals surface area contributed by atoms with Gasteiger partial charge in [0, 0.05) is 12.1 Å². The molecule has 76 valence electrons. The topological polar surface area (TPSA) is 50.1 Å². The van der Waals surface area contributed by atoms with E-state index in [1.807, 2.05) is 0 Å². The highest BCUT2D eigenvalue weighted by Crippen LogP contribution is 2.22. The van der Waals surface area contributed by atoms with Gasteiger partial charge in [0.1, 0.15) is 0 Å². The molecular weight excluding hydrogens is 162 g/mol. The number of nitrogens with one attached hydrogen (secondary N) is 2. The maximum atomic E-state index is 5.98. The molecule has 0 spiro atoms. The zero-order valence-corrected chi connectivity index (χ0v) is 8.26. The zero-order valence-electron chi connectivity index (χ0n) is 8.26. The summed E-state index contributed by atoms with van der Waals surface area (Å²) in [5, 5.41) is 7.02. The van der Waals surface area contributed by atoms with Crippen LogP contribution in [0.5, 0.6) is 0 Å². The molecule has 3 nitrogen and oxygen atoms in total. The fourth-order valence-corrected chi connectivity index (χ4v) is 2.59. The van der Waals surface area contributed by atoms with Gasteiger partial charge in [-0.15, -0.1) is 0 Å². The molecule has 2 saturated heterocycles. The van der Waals surface area contributed by atoms with Gasteiger partial charge in [-0.1, -0.05) is 0 Å². The maximum absolute atomic E-state index is 5.98. The van der Waals surface area contributed by atoms with E-state index in [1.54, 1.807) is 0 Å². The van der Waals surface area contributed by atoms with E-state index >= 15 is 0 Å². The first kappa shape index (κ1) is 9.44. The fourth-order valence-electron chi connectivity index (χ4n) is 2.59. The number of hydrogen-bond acceptors (Lipinski definition) is 3. The summed E-state index contributed by atoms with van der Waals surface area (Å²) in [6.07, 6.45) is 4.99. The molecule has 0 amide bonds. The van der Waals surface area contributed by atoms with Gasteiger partial charge in [0.15, 0.2) is 0 Å². The van der Waals surface area contributed by atoms with Gasteiger partial charge in [-0.2, -0.15) is 0 Å². The van der Waals surface area contributed by atoms with Crippen LogP contribution in [0.15, 0.2) is 0 Å². The third-order valence-corrected chi connectivity index (χ3v) is 3.43. The number of rotatable bonds is 1. The molecule has 0 aromatic rings. The summed E-state index contributed by atoms with van der Waals surface area (Å²) in [5.74, 6) is 0.868. The first-order chi connectivity index (χ1) is 6.36. The van der Waals surface area contributed by atoms with Gasteiger partial charge in [-0.05, 0) is 51.2 Å². The molecule has 4 N–H and O–H groups in total. The number of piperidine rings is 2. The highest BCUT2D eigenvalue weighted by Gasteiger charge is 2.27. The quantitative estimate of drug-likeness (QED) is 0.539. The summed E-state index contributed by atoms with van der Waals surface area (Å²) in [7, 11) is 0. The second-order valence-electron chi connectivity index (χ2n) is 4.43. The van der Waals surface area contributed by atoms with Crippen LogP contribution >= 0.6 is 0 Å². The largest absolute Gasteiger partial charge is 0.328 e. The van der Waals surface area contributed by atoms with Crippen LogP contribution in [0.25, 0.3) is 0 Å². The second kappa shape index (κ2) is 4.40. The third kappa shape index (κ3) is 2.42. The van der Waals surface area contributed by atoms with Crippen LogP contribution in [0, 0.1) is 5.92 Å². The van der Waals surface area contributed by atoms with Crippen molar-refractivity contribution in [2.75, 3.05) is 19.6 Å². The van der Waals surface area contributed by atoms with E-state index < -0.39 is 0 Å². The van der Waals surface area contributed by atoms with Gasteiger partial charge in [0.25, 0.3) is 0 Å². The van der Waals surface area contributed by atoms with Crippen LogP contribution in [0.4, 0.5) is 0 Å². The molecule has 0 aliphatic carbocycles. The molecule has 3 heteroatoms.